The van der Waals surface area contributed by atoms with Crippen molar-refractivity contribution in [1.29, 1.82) is 0 Å². The number of hydrogen-bond donors (Lipinski definition) is 0. The monoisotopic (exact) mass is 460 g/mol. The highest BCUT2D eigenvalue weighted by Gasteiger charge is 2.03. The third-order valence-corrected chi connectivity index (χ3v) is 6.39. The number of benzene rings is 4. The standard InChI is InChI=1S/C34H24N2/c1-3-13-31-27(7-1)9-5-11-29(31)17-15-25-19-21-35-33(23-25)34-24-26(20-22-36-34)16-18-30-12-6-10-28-8-2-4-14-32(28)30/h1-24H/b17-15+,18-16+. The van der Waals surface area contributed by atoms with Gasteiger partial charge in [0.05, 0.1) is 11.4 Å². The molecular weight excluding hydrogens is 436 g/mol. The molecule has 6 rings (SSSR count). The van der Waals surface area contributed by atoms with Gasteiger partial charge in [0.25, 0.3) is 0 Å². The zero-order valence-corrected chi connectivity index (χ0v) is 19.8. The molecule has 0 fully saturated rings. The number of pyridine rings is 2. The van der Waals surface area contributed by atoms with E-state index in [9.17, 15) is 0 Å². The molecule has 0 unspecified atom stereocenters. The van der Waals surface area contributed by atoms with Crippen molar-refractivity contribution in [1.82, 2.24) is 9.97 Å². The molecule has 0 aliphatic carbocycles. The summed E-state index contributed by atoms with van der Waals surface area (Å²) in [6.07, 6.45) is 12.3. The normalized spacial score (nSPS) is 11.7. The van der Waals surface area contributed by atoms with Crippen molar-refractivity contribution in [2.75, 3.05) is 0 Å². The summed E-state index contributed by atoms with van der Waals surface area (Å²) in [5, 5.41) is 4.98. The molecule has 0 saturated carbocycles. The molecular formula is C34H24N2. The lowest BCUT2D eigenvalue weighted by molar-refractivity contribution is 1.24. The summed E-state index contributed by atoms with van der Waals surface area (Å²) in [4.78, 5) is 9.19. The average Bonchev–Trinajstić information content (AvgIpc) is 2.95. The van der Waals surface area contributed by atoms with Gasteiger partial charge in [-0.25, -0.2) is 0 Å². The summed E-state index contributed by atoms with van der Waals surface area (Å²) in [7, 11) is 0. The molecule has 0 bridgehead atoms. The predicted molar refractivity (Wildman–Crippen MR) is 153 cm³/mol. The molecule has 2 nitrogen and oxygen atoms in total. The van der Waals surface area contributed by atoms with Crippen LogP contribution in [0.4, 0.5) is 0 Å². The molecule has 2 heteroatoms. The number of aromatic nitrogens is 2. The highest BCUT2D eigenvalue weighted by molar-refractivity contribution is 5.94. The quantitative estimate of drug-likeness (QED) is 0.257. The predicted octanol–water partition coefficient (Wildman–Crippen LogP) is 8.79. The third-order valence-electron chi connectivity index (χ3n) is 6.39. The van der Waals surface area contributed by atoms with Gasteiger partial charge in [-0.3, -0.25) is 9.97 Å². The van der Waals surface area contributed by atoms with Gasteiger partial charge in [-0.2, -0.15) is 0 Å². The van der Waals surface area contributed by atoms with E-state index in [0.717, 1.165) is 22.5 Å². The molecule has 0 spiro atoms. The van der Waals surface area contributed by atoms with Gasteiger partial charge < -0.3 is 0 Å². The summed E-state index contributed by atoms with van der Waals surface area (Å²) < 4.78 is 0. The Morgan fingerprint density at radius 2 is 0.861 bits per heavy atom. The van der Waals surface area contributed by atoms with Crippen LogP contribution >= 0.6 is 0 Å². The molecule has 2 aromatic heterocycles. The maximum absolute atomic E-state index is 4.59. The fourth-order valence-electron chi connectivity index (χ4n) is 4.54. The van der Waals surface area contributed by atoms with Gasteiger partial charge >= 0.3 is 0 Å². The maximum Gasteiger partial charge on any atom is 0.0892 e. The van der Waals surface area contributed by atoms with E-state index in [4.69, 9.17) is 0 Å². The van der Waals surface area contributed by atoms with E-state index in [-0.39, 0.29) is 0 Å². The van der Waals surface area contributed by atoms with Crippen LogP contribution in [0.3, 0.4) is 0 Å². The number of rotatable bonds is 5. The van der Waals surface area contributed by atoms with E-state index in [0.29, 0.717) is 0 Å². The van der Waals surface area contributed by atoms with Gasteiger partial charge in [-0.05, 0) is 68.1 Å². The van der Waals surface area contributed by atoms with Gasteiger partial charge in [0, 0.05) is 12.4 Å². The maximum atomic E-state index is 4.59. The van der Waals surface area contributed by atoms with Crippen LogP contribution in [0.5, 0.6) is 0 Å². The Bertz CT molecular complexity index is 1600. The minimum atomic E-state index is 0.857. The first-order chi connectivity index (χ1) is 17.8. The first kappa shape index (κ1) is 21.7. The third kappa shape index (κ3) is 4.57. The summed E-state index contributed by atoms with van der Waals surface area (Å²) in [5.74, 6) is 0. The van der Waals surface area contributed by atoms with Gasteiger partial charge in [-0.15, -0.1) is 0 Å². The minimum absolute atomic E-state index is 0.857. The van der Waals surface area contributed by atoms with Crippen molar-refractivity contribution in [2.24, 2.45) is 0 Å². The van der Waals surface area contributed by atoms with Gasteiger partial charge in [0.2, 0.25) is 0 Å². The Hall–Kier alpha value is -4.82. The van der Waals surface area contributed by atoms with Crippen molar-refractivity contribution in [3.8, 4) is 11.4 Å². The van der Waals surface area contributed by atoms with E-state index in [1.807, 2.05) is 24.5 Å². The SMILES string of the molecule is C(=C\c1cccc2ccccc12)/c1ccnc(-c2cc(/C=C/c3cccc4ccccc34)ccn2)c1. The van der Waals surface area contributed by atoms with Crippen LogP contribution < -0.4 is 0 Å². The second kappa shape index (κ2) is 9.81. The van der Waals surface area contributed by atoms with Crippen molar-refractivity contribution >= 4 is 45.8 Å². The highest BCUT2D eigenvalue weighted by atomic mass is 14.8. The van der Waals surface area contributed by atoms with Crippen LogP contribution in [0.1, 0.15) is 22.3 Å². The van der Waals surface area contributed by atoms with Crippen molar-refractivity contribution in [3.63, 3.8) is 0 Å². The second-order valence-electron chi connectivity index (χ2n) is 8.75. The molecule has 0 amide bonds. The van der Waals surface area contributed by atoms with Crippen LogP contribution in [-0.2, 0) is 0 Å². The lowest BCUT2D eigenvalue weighted by Gasteiger charge is -2.04. The fraction of sp³-hybridized carbons (Fsp3) is 0. The lowest BCUT2D eigenvalue weighted by Crippen LogP contribution is -1.89. The summed E-state index contributed by atoms with van der Waals surface area (Å²) in [6, 6.07) is 37.9. The summed E-state index contributed by atoms with van der Waals surface area (Å²) in [6.45, 7) is 0. The zero-order valence-electron chi connectivity index (χ0n) is 19.8. The highest BCUT2D eigenvalue weighted by Crippen LogP contribution is 2.24. The Morgan fingerprint density at radius 3 is 1.36 bits per heavy atom. The Balaban J connectivity index is 1.27. The van der Waals surface area contributed by atoms with Crippen molar-refractivity contribution in [3.05, 3.63) is 144 Å². The molecule has 0 radical (unpaired) electrons. The number of fused-ring (bicyclic) bond motifs is 2. The first-order valence-corrected chi connectivity index (χ1v) is 12.1. The fourth-order valence-corrected chi connectivity index (χ4v) is 4.54. The van der Waals surface area contributed by atoms with E-state index < -0.39 is 0 Å². The first-order valence-electron chi connectivity index (χ1n) is 12.1. The molecule has 0 N–H and O–H groups in total. The molecule has 2 heterocycles. The lowest BCUT2D eigenvalue weighted by atomic mass is 10.0. The Morgan fingerprint density at radius 1 is 0.417 bits per heavy atom. The van der Waals surface area contributed by atoms with Crippen LogP contribution in [0.15, 0.2) is 122 Å². The molecule has 0 saturated heterocycles. The summed E-state index contributed by atoms with van der Waals surface area (Å²) >= 11 is 0. The van der Waals surface area contributed by atoms with E-state index in [1.54, 1.807) is 0 Å². The van der Waals surface area contributed by atoms with E-state index in [2.05, 4.69) is 131 Å². The number of hydrogen-bond acceptors (Lipinski definition) is 2. The molecule has 6 aromatic rings. The van der Waals surface area contributed by atoms with Crippen LogP contribution in [0.25, 0.3) is 57.2 Å². The van der Waals surface area contributed by atoms with E-state index in [1.165, 1.54) is 32.7 Å². The molecule has 0 aliphatic rings. The zero-order chi connectivity index (χ0) is 24.2. The van der Waals surface area contributed by atoms with E-state index >= 15 is 0 Å². The number of nitrogens with zero attached hydrogens (tertiary/aromatic N) is 2. The average molecular weight is 461 g/mol. The topological polar surface area (TPSA) is 25.8 Å². The summed E-state index contributed by atoms with van der Waals surface area (Å²) in [5.41, 5.74) is 6.29. The smallest absolute Gasteiger partial charge is 0.0892 e. The van der Waals surface area contributed by atoms with Crippen molar-refractivity contribution < 1.29 is 0 Å². The Labute approximate surface area is 210 Å². The molecule has 0 aliphatic heterocycles. The molecule has 4 aromatic carbocycles. The minimum Gasteiger partial charge on any atom is -0.255 e. The molecule has 0 atom stereocenters. The second-order valence-corrected chi connectivity index (χ2v) is 8.75. The molecule has 36 heavy (non-hydrogen) atoms. The van der Waals surface area contributed by atoms with Crippen molar-refractivity contribution in [2.45, 2.75) is 0 Å². The Kier molecular flexibility index (Phi) is 5.91. The van der Waals surface area contributed by atoms with Crippen LogP contribution in [0.2, 0.25) is 0 Å². The van der Waals surface area contributed by atoms with Gasteiger partial charge in [0.15, 0.2) is 0 Å². The van der Waals surface area contributed by atoms with Crippen LogP contribution in [-0.4, -0.2) is 9.97 Å². The van der Waals surface area contributed by atoms with Crippen LogP contribution in [0, 0.1) is 0 Å². The largest absolute Gasteiger partial charge is 0.255 e. The van der Waals surface area contributed by atoms with Gasteiger partial charge in [-0.1, -0.05) is 109 Å². The van der Waals surface area contributed by atoms with Gasteiger partial charge in [0.1, 0.15) is 0 Å². The molecule has 170 valence electrons.